The standard InChI is InChI=1S/C23H32N4O2/c1-16(19-7-5-4-6-8-19)9-11-26-12-10-20-21(15-26)24-23(25-22(20)28)27-13-17(2)29-18(3)14-27/h4-8,16-18H,9-15H2,1-3H3,(H,24,25,28)/t16-,17-,18+/m1/s1. The largest absolute Gasteiger partial charge is 0.372 e. The molecule has 156 valence electrons. The van der Waals surface area contributed by atoms with Gasteiger partial charge >= 0.3 is 0 Å². The third-order valence-electron chi connectivity index (χ3n) is 6.11. The summed E-state index contributed by atoms with van der Waals surface area (Å²) < 4.78 is 5.82. The number of nitrogens with one attached hydrogen (secondary N) is 1. The molecule has 1 saturated heterocycles. The monoisotopic (exact) mass is 396 g/mol. The average molecular weight is 397 g/mol. The summed E-state index contributed by atoms with van der Waals surface area (Å²) in [5.74, 6) is 1.21. The highest BCUT2D eigenvalue weighted by Gasteiger charge is 2.27. The van der Waals surface area contributed by atoms with Crippen LogP contribution >= 0.6 is 0 Å². The summed E-state index contributed by atoms with van der Waals surface area (Å²) in [5, 5.41) is 0. The maximum atomic E-state index is 12.7. The average Bonchev–Trinajstić information content (AvgIpc) is 2.71. The predicted molar refractivity (Wildman–Crippen MR) is 116 cm³/mol. The molecule has 2 aliphatic rings. The first kappa shape index (κ1) is 20.1. The minimum Gasteiger partial charge on any atom is -0.372 e. The Morgan fingerprint density at radius 3 is 2.66 bits per heavy atom. The summed E-state index contributed by atoms with van der Waals surface area (Å²) in [6.07, 6.45) is 2.15. The van der Waals surface area contributed by atoms with Gasteiger partial charge in [0.15, 0.2) is 0 Å². The minimum atomic E-state index is 0.0223. The molecule has 2 aliphatic heterocycles. The fourth-order valence-electron chi connectivity index (χ4n) is 4.50. The van der Waals surface area contributed by atoms with Crippen LogP contribution in [0.5, 0.6) is 0 Å². The smallest absolute Gasteiger partial charge is 0.255 e. The molecular weight excluding hydrogens is 364 g/mol. The van der Waals surface area contributed by atoms with Gasteiger partial charge in [-0.3, -0.25) is 14.7 Å². The second-order valence-corrected chi connectivity index (χ2v) is 8.60. The number of benzene rings is 1. The molecule has 6 heteroatoms. The number of hydrogen-bond acceptors (Lipinski definition) is 5. The van der Waals surface area contributed by atoms with Crippen molar-refractivity contribution in [1.82, 2.24) is 14.9 Å². The summed E-state index contributed by atoms with van der Waals surface area (Å²) in [6, 6.07) is 10.7. The molecule has 1 aromatic carbocycles. The van der Waals surface area contributed by atoms with Gasteiger partial charge in [0.25, 0.3) is 5.56 Å². The molecule has 6 nitrogen and oxygen atoms in total. The predicted octanol–water partition coefficient (Wildman–Crippen LogP) is 2.94. The number of aromatic nitrogens is 2. The van der Waals surface area contributed by atoms with Crippen molar-refractivity contribution in [3.05, 3.63) is 57.5 Å². The van der Waals surface area contributed by atoms with Gasteiger partial charge < -0.3 is 9.64 Å². The first-order chi connectivity index (χ1) is 14.0. The Morgan fingerprint density at radius 2 is 1.93 bits per heavy atom. The Bertz CT molecular complexity index is 872. The number of ether oxygens (including phenoxy) is 1. The van der Waals surface area contributed by atoms with Crippen molar-refractivity contribution in [3.8, 4) is 0 Å². The van der Waals surface area contributed by atoms with Crippen molar-refractivity contribution in [2.75, 3.05) is 31.1 Å². The van der Waals surface area contributed by atoms with E-state index in [1.165, 1.54) is 5.56 Å². The molecule has 1 N–H and O–H groups in total. The van der Waals surface area contributed by atoms with Crippen molar-refractivity contribution in [1.29, 1.82) is 0 Å². The number of morpholine rings is 1. The summed E-state index contributed by atoms with van der Waals surface area (Å²) in [4.78, 5) is 25.2. The van der Waals surface area contributed by atoms with Crippen LogP contribution < -0.4 is 10.5 Å². The number of aromatic amines is 1. The summed E-state index contributed by atoms with van der Waals surface area (Å²) >= 11 is 0. The van der Waals surface area contributed by atoms with Crippen molar-refractivity contribution < 1.29 is 4.74 Å². The molecule has 29 heavy (non-hydrogen) atoms. The topological polar surface area (TPSA) is 61.5 Å². The number of hydrogen-bond donors (Lipinski definition) is 1. The first-order valence-corrected chi connectivity index (χ1v) is 10.8. The summed E-state index contributed by atoms with van der Waals surface area (Å²) in [7, 11) is 0. The molecule has 0 amide bonds. The van der Waals surface area contributed by atoms with Crippen molar-refractivity contribution in [2.45, 2.75) is 58.3 Å². The molecule has 0 saturated carbocycles. The Morgan fingerprint density at radius 1 is 1.21 bits per heavy atom. The lowest BCUT2D eigenvalue weighted by Crippen LogP contribution is -2.47. The fourth-order valence-corrected chi connectivity index (χ4v) is 4.50. The third kappa shape index (κ3) is 4.70. The second-order valence-electron chi connectivity index (χ2n) is 8.60. The lowest BCUT2D eigenvalue weighted by Gasteiger charge is -2.36. The van der Waals surface area contributed by atoms with Crippen LogP contribution in [-0.2, 0) is 17.7 Å². The van der Waals surface area contributed by atoms with Crippen LogP contribution in [0.15, 0.2) is 35.1 Å². The van der Waals surface area contributed by atoms with Gasteiger partial charge in [-0.1, -0.05) is 37.3 Å². The third-order valence-corrected chi connectivity index (χ3v) is 6.11. The van der Waals surface area contributed by atoms with Gasteiger partial charge in [0.2, 0.25) is 5.95 Å². The van der Waals surface area contributed by atoms with E-state index in [0.29, 0.717) is 11.9 Å². The van der Waals surface area contributed by atoms with Crippen LogP contribution in [0.25, 0.3) is 0 Å². The number of H-pyrrole nitrogens is 1. The molecule has 1 aromatic heterocycles. The number of fused-ring (bicyclic) bond motifs is 1. The van der Waals surface area contributed by atoms with Gasteiger partial charge in [0.05, 0.1) is 17.9 Å². The number of rotatable bonds is 5. The summed E-state index contributed by atoms with van der Waals surface area (Å²) in [6.45, 7) is 10.6. The van der Waals surface area contributed by atoms with E-state index < -0.39 is 0 Å². The SMILES string of the molecule is C[C@@H]1CN(c2nc3c(c(=O)[nH]2)CCN(CC[C@@H](C)c2ccccc2)C3)C[C@H](C)O1. The molecule has 0 aliphatic carbocycles. The van der Waals surface area contributed by atoms with Crippen LogP contribution in [0.1, 0.15) is 49.9 Å². The van der Waals surface area contributed by atoms with Crippen LogP contribution in [0, 0.1) is 0 Å². The van der Waals surface area contributed by atoms with Gasteiger partial charge in [-0.15, -0.1) is 0 Å². The van der Waals surface area contributed by atoms with E-state index in [1.54, 1.807) is 0 Å². The van der Waals surface area contributed by atoms with Gasteiger partial charge in [-0.25, -0.2) is 4.98 Å². The van der Waals surface area contributed by atoms with E-state index in [9.17, 15) is 4.79 Å². The molecule has 3 atom stereocenters. The molecule has 1 fully saturated rings. The number of nitrogens with zero attached hydrogens (tertiary/aromatic N) is 3. The molecular formula is C23H32N4O2. The number of anilines is 1. The van der Waals surface area contributed by atoms with E-state index in [2.05, 4.69) is 65.9 Å². The molecule has 0 radical (unpaired) electrons. The van der Waals surface area contributed by atoms with E-state index >= 15 is 0 Å². The summed E-state index contributed by atoms with van der Waals surface area (Å²) in [5.41, 5.74) is 3.20. The normalized spacial score (nSPS) is 23.6. The molecule has 3 heterocycles. The minimum absolute atomic E-state index is 0.0223. The lowest BCUT2D eigenvalue weighted by molar-refractivity contribution is -0.00576. The van der Waals surface area contributed by atoms with Crippen LogP contribution in [0.3, 0.4) is 0 Å². The van der Waals surface area contributed by atoms with Gasteiger partial charge in [0.1, 0.15) is 0 Å². The molecule has 2 aromatic rings. The van der Waals surface area contributed by atoms with Crippen molar-refractivity contribution in [3.63, 3.8) is 0 Å². The van der Waals surface area contributed by atoms with Crippen LogP contribution in [0.4, 0.5) is 5.95 Å². The maximum Gasteiger partial charge on any atom is 0.255 e. The Kier molecular flexibility index (Phi) is 6.01. The quantitative estimate of drug-likeness (QED) is 0.842. The second kappa shape index (κ2) is 8.67. The zero-order valence-corrected chi connectivity index (χ0v) is 17.7. The molecule has 0 unspecified atom stereocenters. The Hall–Kier alpha value is -2.18. The van der Waals surface area contributed by atoms with E-state index in [4.69, 9.17) is 9.72 Å². The Balaban J connectivity index is 1.44. The fraction of sp³-hybridized carbons (Fsp3) is 0.565. The zero-order valence-electron chi connectivity index (χ0n) is 17.7. The highest BCUT2D eigenvalue weighted by Crippen LogP contribution is 2.22. The van der Waals surface area contributed by atoms with E-state index in [0.717, 1.165) is 56.8 Å². The van der Waals surface area contributed by atoms with Gasteiger partial charge in [-0.2, -0.15) is 0 Å². The highest BCUT2D eigenvalue weighted by atomic mass is 16.5. The first-order valence-electron chi connectivity index (χ1n) is 10.8. The van der Waals surface area contributed by atoms with Gasteiger partial charge in [0, 0.05) is 31.7 Å². The molecule has 0 spiro atoms. The van der Waals surface area contributed by atoms with Crippen LogP contribution in [-0.4, -0.2) is 53.3 Å². The molecule has 0 bridgehead atoms. The van der Waals surface area contributed by atoms with E-state index in [1.807, 2.05) is 0 Å². The van der Waals surface area contributed by atoms with Crippen molar-refractivity contribution >= 4 is 5.95 Å². The molecule has 4 rings (SSSR count). The van der Waals surface area contributed by atoms with Crippen molar-refractivity contribution in [2.24, 2.45) is 0 Å². The van der Waals surface area contributed by atoms with Gasteiger partial charge in [-0.05, 0) is 44.7 Å². The van der Waals surface area contributed by atoms with Crippen LogP contribution in [0.2, 0.25) is 0 Å². The highest BCUT2D eigenvalue weighted by molar-refractivity contribution is 5.35. The lowest BCUT2D eigenvalue weighted by atomic mass is 9.97. The maximum absolute atomic E-state index is 12.7. The zero-order chi connectivity index (χ0) is 20.4. The Labute approximate surface area is 172 Å². The van der Waals surface area contributed by atoms with E-state index in [-0.39, 0.29) is 17.8 Å².